The second-order valence-corrected chi connectivity index (χ2v) is 20.2. The molecule has 2 heterocycles. The van der Waals surface area contributed by atoms with E-state index in [0.29, 0.717) is 19.1 Å². The number of thioether (sulfide) groups is 3. The summed E-state index contributed by atoms with van der Waals surface area (Å²) in [5.41, 5.74) is 7.95. The van der Waals surface area contributed by atoms with Gasteiger partial charge >= 0.3 is 5.97 Å². The van der Waals surface area contributed by atoms with Gasteiger partial charge in [-0.2, -0.15) is 0 Å². The maximum absolute atomic E-state index is 11.2. The number of hydrogen-bond acceptors (Lipinski definition) is 10. The van der Waals surface area contributed by atoms with E-state index in [1.54, 1.807) is 11.3 Å². The summed E-state index contributed by atoms with van der Waals surface area (Å²) in [7, 11) is 0. The molecule has 0 radical (unpaired) electrons. The number of carbonyl (C=O) groups is 1. The van der Waals surface area contributed by atoms with Crippen LogP contribution >= 0.6 is 46.6 Å². The number of hydrogen-bond donors (Lipinski definition) is 0. The van der Waals surface area contributed by atoms with Gasteiger partial charge in [0.2, 0.25) is 0 Å². The molecule has 4 aromatic carbocycles. The molecule has 0 atom stereocenters. The van der Waals surface area contributed by atoms with Crippen LogP contribution in [0.5, 0.6) is 5.75 Å². The number of nitrogens with zero attached hydrogens (tertiary/aromatic N) is 3. The Kier molecular flexibility index (Phi) is 16.2. The Bertz CT molecular complexity index is 2280. The Morgan fingerprint density at radius 3 is 2.37 bits per heavy atom. The lowest BCUT2D eigenvalue weighted by Gasteiger charge is -2.28. The normalized spacial score (nSPS) is 16.9. The first-order valence-electron chi connectivity index (χ1n) is 21.4. The number of benzene rings is 4. The molecule has 1 aliphatic heterocycles. The van der Waals surface area contributed by atoms with Gasteiger partial charge in [0.25, 0.3) is 0 Å². The van der Waals surface area contributed by atoms with Crippen LogP contribution in [0, 0.1) is 12.8 Å². The third-order valence-electron chi connectivity index (χ3n) is 11.1. The maximum Gasteiger partial charge on any atom is 0.330 e. The summed E-state index contributed by atoms with van der Waals surface area (Å²) in [4.78, 5) is 19.9. The van der Waals surface area contributed by atoms with Crippen LogP contribution in [0.1, 0.15) is 100 Å². The Morgan fingerprint density at radius 2 is 1.62 bits per heavy atom. The summed E-state index contributed by atoms with van der Waals surface area (Å²) in [5, 5.41) is 11.4. The van der Waals surface area contributed by atoms with Crippen molar-refractivity contribution in [2.75, 3.05) is 19.0 Å². The molecule has 0 spiro atoms. The van der Waals surface area contributed by atoms with Gasteiger partial charge in [-0.05, 0) is 140 Å². The lowest BCUT2D eigenvalue weighted by atomic mass is 9.77. The van der Waals surface area contributed by atoms with Gasteiger partial charge in [0.1, 0.15) is 10.8 Å². The standard InChI is InChI=1S/C50H55N3O3S4/c1-5-12-35-13-15-36(16-14-35)37-17-19-39(20-18-37)43-26-23-40(38-21-24-41(25-22-38)55-27-10-8-9-11-28-56-48(54)6-2)30-44(43)52-53-47-33-51-46(59-47)32-49-58-45-31-42(57-7-3)29-34(4)50(45)60-49/h6,17-26,29-33,35-36H,2,5,7-16,27-28H2,1,3-4H3/b49-32+,53-52+. The highest BCUT2D eigenvalue weighted by Crippen LogP contribution is 2.54. The molecule has 0 unspecified atom stereocenters. The van der Waals surface area contributed by atoms with Gasteiger partial charge in [0.15, 0.2) is 5.00 Å². The number of azo groups is 1. The minimum absolute atomic E-state index is 0.364. The number of carbonyl (C=O) groups excluding carboxylic acids is 1. The van der Waals surface area contributed by atoms with Crippen molar-refractivity contribution in [3.8, 4) is 28.0 Å². The van der Waals surface area contributed by atoms with Crippen LogP contribution in [0.3, 0.4) is 0 Å². The molecule has 7 rings (SSSR count). The smallest absolute Gasteiger partial charge is 0.330 e. The number of thiazole rings is 1. The number of fused-ring (bicyclic) bond motifs is 1. The Hall–Kier alpha value is -4.09. The van der Waals surface area contributed by atoms with Gasteiger partial charge in [0.05, 0.1) is 29.3 Å². The third-order valence-corrected chi connectivity index (χ3v) is 15.3. The second kappa shape index (κ2) is 22.1. The molecule has 1 aliphatic carbocycles. The van der Waals surface area contributed by atoms with E-state index in [-0.39, 0.29) is 5.97 Å². The van der Waals surface area contributed by atoms with Crippen molar-refractivity contribution in [2.24, 2.45) is 16.1 Å². The lowest BCUT2D eigenvalue weighted by molar-refractivity contribution is -0.137. The molecule has 0 N–H and O–H groups in total. The Labute approximate surface area is 373 Å². The van der Waals surface area contributed by atoms with Crippen LogP contribution in [-0.2, 0) is 9.53 Å². The molecule has 1 fully saturated rings. The molecular formula is C50H55N3O3S4. The van der Waals surface area contributed by atoms with Gasteiger partial charge in [0, 0.05) is 26.3 Å². The van der Waals surface area contributed by atoms with Crippen LogP contribution in [0.2, 0.25) is 0 Å². The molecule has 0 bridgehead atoms. The van der Waals surface area contributed by atoms with Crippen LogP contribution in [0.4, 0.5) is 10.7 Å². The fourth-order valence-corrected chi connectivity index (χ4v) is 12.2. The number of aromatic nitrogens is 1. The molecule has 6 nitrogen and oxygen atoms in total. The number of rotatable bonds is 19. The van der Waals surface area contributed by atoms with Crippen LogP contribution < -0.4 is 4.74 Å². The van der Waals surface area contributed by atoms with E-state index in [4.69, 9.17) is 24.7 Å². The molecule has 1 aromatic heterocycles. The first-order chi connectivity index (χ1) is 29.4. The SMILES string of the molecule is C=CC(=O)OCCCCCCOc1ccc(-c2ccc(-c3ccc(C4CCC(CCC)CC4)cc3)c(/N=N/c3cnc(/C=C4\Sc5cc(SCC)cc(C)c5S4)s3)c2)cc1. The summed E-state index contributed by atoms with van der Waals surface area (Å²) < 4.78 is 12.3. The number of esters is 1. The van der Waals surface area contributed by atoms with E-state index < -0.39 is 0 Å². The number of unbranched alkanes of at least 4 members (excludes halogenated alkanes) is 3. The fourth-order valence-electron chi connectivity index (χ4n) is 7.94. The zero-order chi connectivity index (χ0) is 41.7. The Morgan fingerprint density at radius 1 is 0.867 bits per heavy atom. The quantitative estimate of drug-likeness (QED) is 0.0269. The summed E-state index contributed by atoms with van der Waals surface area (Å²) in [6, 6.07) is 28.6. The van der Waals surface area contributed by atoms with E-state index in [1.807, 2.05) is 53.6 Å². The van der Waals surface area contributed by atoms with Gasteiger partial charge < -0.3 is 9.47 Å². The van der Waals surface area contributed by atoms with Gasteiger partial charge in [-0.1, -0.05) is 117 Å². The summed E-state index contributed by atoms with van der Waals surface area (Å²) >= 11 is 7.10. The van der Waals surface area contributed by atoms with Crippen LogP contribution in [-0.4, -0.2) is 29.9 Å². The summed E-state index contributed by atoms with van der Waals surface area (Å²) in [6.07, 6.45) is 16.9. The number of ether oxygens (including phenoxy) is 2. The molecule has 60 heavy (non-hydrogen) atoms. The monoisotopic (exact) mass is 873 g/mol. The molecule has 2 aliphatic rings. The topological polar surface area (TPSA) is 73.1 Å². The van der Waals surface area contributed by atoms with E-state index in [2.05, 4.69) is 100 Å². The molecule has 0 saturated heterocycles. The number of aryl methyl sites for hydroxylation is 1. The van der Waals surface area contributed by atoms with E-state index in [1.165, 1.54) is 74.7 Å². The minimum Gasteiger partial charge on any atom is -0.494 e. The largest absolute Gasteiger partial charge is 0.494 e. The van der Waals surface area contributed by atoms with E-state index >= 15 is 0 Å². The molecule has 0 amide bonds. The average molecular weight is 874 g/mol. The first kappa shape index (κ1) is 44.0. The maximum atomic E-state index is 11.2. The molecule has 10 heteroatoms. The average Bonchev–Trinajstić information content (AvgIpc) is 3.91. The van der Waals surface area contributed by atoms with Crippen molar-refractivity contribution >= 4 is 69.4 Å². The van der Waals surface area contributed by atoms with Crippen molar-refractivity contribution in [2.45, 2.75) is 106 Å². The van der Waals surface area contributed by atoms with Crippen LogP contribution in [0.15, 0.2) is 127 Å². The predicted molar refractivity (Wildman–Crippen MR) is 256 cm³/mol. The van der Waals surface area contributed by atoms with Crippen molar-refractivity contribution < 1.29 is 14.3 Å². The van der Waals surface area contributed by atoms with Crippen LogP contribution in [0.25, 0.3) is 28.3 Å². The zero-order valence-corrected chi connectivity index (χ0v) is 38.3. The highest BCUT2D eigenvalue weighted by atomic mass is 32.2. The van der Waals surface area contributed by atoms with E-state index in [9.17, 15) is 4.79 Å². The molecule has 312 valence electrons. The Balaban J connectivity index is 1.05. The molecule has 5 aromatic rings. The fraction of sp³-hybridized carbons (Fsp3) is 0.360. The van der Waals surface area contributed by atoms with Crippen molar-refractivity contribution in [1.29, 1.82) is 0 Å². The van der Waals surface area contributed by atoms with Gasteiger partial charge in [-0.3, -0.25) is 0 Å². The molecular weight excluding hydrogens is 819 g/mol. The third kappa shape index (κ3) is 12.1. The van der Waals surface area contributed by atoms with E-state index in [0.717, 1.165) is 81.1 Å². The van der Waals surface area contributed by atoms with Gasteiger partial charge in [-0.25, -0.2) is 9.78 Å². The summed E-state index contributed by atoms with van der Waals surface area (Å²) in [5.74, 6) is 3.10. The van der Waals surface area contributed by atoms with Crippen molar-refractivity contribution in [1.82, 2.24) is 4.98 Å². The zero-order valence-electron chi connectivity index (χ0n) is 35.0. The highest BCUT2D eigenvalue weighted by molar-refractivity contribution is 8.25. The highest BCUT2D eigenvalue weighted by Gasteiger charge is 2.23. The molecule has 1 saturated carbocycles. The first-order valence-corrected chi connectivity index (χ1v) is 24.8. The lowest BCUT2D eigenvalue weighted by Crippen LogP contribution is -2.13. The summed E-state index contributed by atoms with van der Waals surface area (Å²) in [6.45, 7) is 11.2. The van der Waals surface area contributed by atoms with Gasteiger partial charge in [-0.15, -0.1) is 22.0 Å². The van der Waals surface area contributed by atoms with Crippen molar-refractivity contribution in [3.05, 3.63) is 118 Å². The predicted octanol–water partition coefficient (Wildman–Crippen LogP) is 16.3. The minimum atomic E-state index is -0.364. The second-order valence-electron chi connectivity index (χ2n) is 15.4. The van der Waals surface area contributed by atoms with Crippen molar-refractivity contribution in [3.63, 3.8) is 0 Å².